The minimum atomic E-state index is -0.752. The molecule has 2 nitrogen and oxygen atoms in total. The number of alkyl halides is 1. The van der Waals surface area contributed by atoms with Crippen molar-refractivity contribution in [1.82, 2.24) is 0 Å². The van der Waals surface area contributed by atoms with Crippen LogP contribution in [0.15, 0.2) is 53.4 Å². The predicted molar refractivity (Wildman–Crippen MR) is 88.9 cm³/mol. The van der Waals surface area contributed by atoms with Crippen molar-refractivity contribution in [3.05, 3.63) is 54.1 Å². The Labute approximate surface area is 134 Å². The lowest BCUT2D eigenvalue weighted by molar-refractivity contribution is -0.142. The van der Waals surface area contributed by atoms with Crippen LogP contribution in [0.25, 0.3) is 11.1 Å². The number of halogens is 1. The molecule has 4 heteroatoms. The number of rotatable bonds is 5. The van der Waals surface area contributed by atoms with Crippen LogP contribution in [0.1, 0.15) is 17.9 Å². The quantitative estimate of drug-likeness (QED) is 0.444. The largest absolute Gasteiger partial charge is 0.465 e. The highest BCUT2D eigenvalue weighted by molar-refractivity contribution is 7.98. The normalized spacial score (nSPS) is 12.0. The molecule has 0 aliphatic heterocycles. The van der Waals surface area contributed by atoms with Gasteiger partial charge in [-0.2, -0.15) is 0 Å². The van der Waals surface area contributed by atoms with Crippen molar-refractivity contribution in [2.24, 2.45) is 0 Å². The summed E-state index contributed by atoms with van der Waals surface area (Å²) in [4.78, 5) is 12.8. The molecule has 1 unspecified atom stereocenters. The zero-order valence-corrected chi connectivity index (χ0v) is 13.6. The second kappa shape index (κ2) is 7.53. The molecule has 0 saturated carbocycles. The minimum Gasteiger partial charge on any atom is -0.465 e. The van der Waals surface area contributed by atoms with Gasteiger partial charge in [0.15, 0.2) is 5.38 Å². The maximum atomic E-state index is 11.6. The van der Waals surface area contributed by atoms with Gasteiger partial charge in [-0.3, -0.25) is 4.79 Å². The summed E-state index contributed by atoms with van der Waals surface area (Å²) in [6, 6.07) is 16.0. The summed E-state index contributed by atoms with van der Waals surface area (Å²) in [5.74, 6) is -0.406. The summed E-state index contributed by atoms with van der Waals surface area (Å²) in [5, 5.41) is -0.752. The summed E-state index contributed by atoms with van der Waals surface area (Å²) in [6.45, 7) is 2.10. The van der Waals surface area contributed by atoms with E-state index in [1.165, 1.54) is 4.90 Å². The molecule has 0 N–H and O–H groups in total. The summed E-state index contributed by atoms with van der Waals surface area (Å²) in [5.41, 5.74) is 2.99. The number of ether oxygens (including phenoxy) is 1. The van der Waals surface area contributed by atoms with Crippen LogP contribution in [0, 0.1) is 0 Å². The van der Waals surface area contributed by atoms with E-state index >= 15 is 0 Å². The molecule has 21 heavy (non-hydrogen) atoms. The average molecular weight is 321 g/mol. The fourth-order valence-corrected chi connectivity index (χ4v) is 2.60. The predicted octanol–water partition coefficient (Wildman–Crippen LogP) is 4.92. The van der Waals surface area contributed by atoms with Gasteiger partial charge in [0.2, 0.25) is 0 Å². The number of esters is 1. The molecule has 0 amide bonds. The van der Waals surface area contributed by atoms with E-state index in [0.29, 0.717) is 6.61 Å². The van der Waals surface area contributed by atoms with Gasteiger partial charge in [-0.1, -0.05) is 36.4 Å². The van der Waals surface area contributed by atoms with Crippen molar-refractivity contribution in [2.45, 2.75) is 17.2 Å². The van der Waals surface area contributed by atoms with Gasteiger partial charge in [-0.15, -0.1) is 23.4 Å². The zero-order valence-electron chi connectivity index (χ0n) is 12.0. The Kier molecular flexibility index (Phi) is 5.71. The van der Waals surface area contributed by atoms with Crippen molar-refractivity contribution in [1.29, 1.82) is 0 Å². The minimum absolute atomic E-state index is 0.335. The Morgan fingerprint density at radius 1 is 1.10 bits per heavy atom. The number of benzene rings is 2. The third kappa shape index (κ3) is 4.02. The van der Waals surface area contributed by atoms with Crippen LogP contribution in [-0.4, -0.2) is 18.8 Å². The Morgan fingerprint density at radius 3 is 2.10 bits per heavy atom. The Bertz CT molecular complexity index is 593. The molecule has 0 heterocycles. The SMILES string of the molecule is CCOC(=O)C(Cl)c1ccc(-c2ccc(SC)cc2)cc1. The number of thioether (sulfide) groups is 1. The second-order valence-electron chi connectivity index (χ2n) is 4.47. The lowest BCUT2D eigenvalue weighted by atomic mass is 10.0. The van der Waals surface area contributed by atoms with E-state index in [1.807, 2.05) is 24.3 Å². The number of hydrogen-bond donors (Lipinski definition) is 0. The van der Waals surface area contributed by atoms with Crippen LogP contribution < -0.4 is 0 Å². The Hall–Kier alpha value is -1.45. The van der Waals surface area contributed by atoms with Gasteiger partial charge in [-0.25, -0.2) is 0 Å². The maximum Gasteiger partial charge on any atom is 0.328 e. The third-order valence-electron chi connectivity index (χ3n) is 3.12. The smallest absolute Gasteiger partial charge is 0.328 e. The van der Waals surface area contributed by atoms with E-state index < -0.39 is 11.3 Å². The van der Waals surface area contributed by atoms with Crippen LogP contribution in [0.5, 0.6) is 0 Å². The van der Waals surface area contributed by atoms with Crippen LogP contribution >= 0.6 is 23.4 Å². The lowest BCUT2D eigenvalue weighted by Gasteiger charge is -2.10. The van der Waals surface area contributed by atoms with Gasteiger partial charge in [0.25, 0.3) is 0 Å². The molecule has 2 aromatic rings. The maximum absolute atomic E-state index is 11.6. The van der Waals surface area contributed by atoms with Gasteiger partial charge in [-0.05, 0) is 42.0 Å². The van der Waals surface area contributed by atoms with Crippen molar-refractivity contribution < 1.29 is 9.53 Å². The second-order valence-corrected chi connectivity index (χ2v) is 5.78. The molecule has 0 aliphatic rings. The first-order valence-electron chi connectivity index (χ1n) is 6.70. The highest BCUT2D eigenvalue weighted by atomic mass is 35.5. The van der Waals surface area contributed by atoms with Gasteiger partial charge >= 0.3 is 5.97 Å². The molecule has 0 radical (unpaired) electrons. The van der Waals surface area contributed by atoms with E-state index in [9.17, 15) is 4.79 Å². The van der Waals surface area contributed by atoms with Crippen LogP contribution in [-0.2, 0) is 9.53 Å². The molecule has 0 fully saturated rings. The van der Waals surface area contributed by atoms with Crippen LogP contribution in [0.4, 0.5) is 0 Å². The summed E-state index contributed by atoms with van der Waals surface area (Å²) >= 11 is 7.81. The molecule has 0 saturated heterocycles. The van der Waals surface area contributed by atoms with E-state index in [2.05, 4.69) is 30.5 Å². The average Bonchev–Trinajstić information content (AvgIpc) is 2.54. The van der Waals surface area contributed by atoms with Crippen molar-refractivity contribution >= 4 is 29.3 Å². The standard InChI is InChI=1S/C17H17ClO2S/c1-3-20-17(19)16(18)14-6-4-12(5-7-14)13-8-10-15(21-2)11-9-13/h4-11,16H,3H2,1-2H3. The molecule has 2 rings (SSSR count). The summed E-state index contributed by atoms with van der Waals surface area (Å²) < 4.78 is 4.93. The number of carbonyl (C=O) groups excluding carboxylic acids is 1. The molecule has 0 aliphatic carbocycles. The van der Waals surface area contributed by atoms with E-state index in [0.717, 1.165) is 16.7 Å². The molecule has 110 valence electrons. The molecule has 1 atom stereocenters. The third-order valence-corrected chi connectivity index (χ3v) is 4.29. The first kappa shape index (κ1) is 15.9. The Balaban J connectivity index is 2.16. The summed E-state index contributed by atoms with van der Waals surface area (Å²) in [6.07, 6.45) is 2.06. The first-order chi connectivity index (χ1) is 10.2. The fraction of sp³-hybridized carbons (Fsp3) is 0.235. The molecule has 0 aromatic heterocycles. The highest BCUT2D eigenvalue weighted by Gasteiger charge is 2.18. The first-order valence-corrected chi connectivity index (χ1v) is 8.37. The molecular weight excluding hydrogens is 304 g/mol. The monoisotopic (exact) mass is 320 g/mol. The van der Waals surface area contributed by atoms with Crippen molar-refractivity contribution in [2.75, 3.05) is 12.9 Å². The number of hydrogen-bond acceptors (Lipinski definition) is 3. The Morgan fingerprint density at radius 2 is 1.62 bits per heavy atom. The van der Waals surface area contributed by atoms with Gasteiger partial charge in [0, 0.05) is 4.90 Å². The topological polar surface area (TPSA) is 26.3 Å². The molecule has 0 spiro atoms. The van der Waals surface area contributed by atoms with Crippen LogP contribution in [0.2, 0.25) is 0 Å². The van der Waals surface area contributed by atoms with Gasteiger partial charge in [0.05, 0.1) is 6.61 Å². The highest BCUT2D eigenvalue weighted by Crippen LogP contribution is 2.27. The van der Waals surface area contributed by atoms with Gasteiger partial charge < -0.3 is 4.74 Å². The molecule has 0 bridgehead atoms. The fourth-order valence-electron chi connectivity index (χ4n) is 1.98. The summed E-state index contributed by atoms with van der Waals surface area (Å²) in [7, 11) is 0. The number of carbonyl (C=O) groups is 1. The van der Waals surface area contributed by atoms with E-state index in [4.69, 9.17) is 16.3 Å². The van der Waals surface area contributed by atoms with Crippen molar-refractivity contribution in [3.63, 3.8) is 0 Å². The lowest BCUT2D eigenvalue weighted by Crippen LogP contribution is -2.10. The van der Waals surface area contributed by atoms with Crippen LogP contribution in [0.3, 0.4) is 0 Å². The molecule has 2 aromatic carbocycles. The van der Waals surface area contributed by atoms with E-state index in [1.54, 1.807) is 18.7 Å². The van der Waals surface area contributed by atoms with E-state index in [-0.39, 0.29) is 0 Å². The van der Waals surface area contributed by atoms with Gasteiger partial charge in [0.1, 0.15) is 0 Å². The van der Waals surface area contributed by atoms with Crippen molar-refractivity contribution in [3.8, 4) is 11.1 Å². The zero-order chi connectivity index (χ0) is 15.2. The molecular formula is C17H17ClO2S.